The highest BCUT2D eigenvalue weighted by Gasteiger charge is 2.54. The molecule has 48 heavy (non-hydrogen) atoms. The van der Waals surface area contributed by atoms with Crippen molar-refractivity contribution < 1.29 is 99.2 Å². The lowest BCUT2D eigenvalue weighted by Gasteiger charge is -2.47. The molecule has 20 heteroatoms. The first-order valence-corrected chi connectivity index (χ1v) is 15.6. The van der Waals surface area contributed by atoms with E-state index in [9.17, 15) is 56.2 Å². The molecule has 0 radical (unpaired) electrons. The predicted molar refractivity (Wildman–Crippen MR) is 154 cm³/mol. The molecule has 0 amide bonds. The second kappa shape index (κ2) is 18.6. The van der Waals surface area contributed by atoms with Crippen molar-refractivity contribution in [3.05, 3.63) is 0 Å². The largest absolute Gasteiger partial charge is 0.394 e. The molecule has 284 valence electrons. The Kier molecular flexibility index (Phi) is 16.1. The van der Waals surface area contributed by atoms with Crippen molar-refractivity contribution >= 4 is 0 Å². The van der Waals surface area contributed by atoms with Crippen molar-refractivity contribution in [3.63, 3.8) is 0 Å². The standard InChI is InChI=1S/C20H36O15.C8H16O5/c1-6-10(25)18(15(31-6)7(24)3-21)35-20-14(29)17(12(27)9(5-23)33-20)34-19-13(28)16(30-2)11(26)8(4-22)32-19;1-4-6(11)8(12-2)7(13-4)5(10)3-9/h6-29H,3-5H2,1-2H3;4-11H,3H2,1-2H3/t6-,7-,8?,9?,10-,11+,12+,13?,14?,15+,16+,17+,18?,19+,20-;4-,5-,6-,7+,8?/m11/s1. The van der Waals surface area contributed by atoms with Crippen LogP contribution < -0.4 is 0 Å². The molecule has 0 aromatic heterocycles. The lowest BCUT2D eigenvalue weighted by Crippen LogP contribution is -2.65. The Morgan fingerprint density at radius 1 is 0.500 bits per heavy atom. The molecule has 0 bridgehead atoms. The van der Waals surface area contributed by atoms with Gasteiger partial charge < -0.3 is 99.2 Å². The molecule has 0 saturated carbocycles. The van der Waals surface area contributed by atoms with Crippen molar-refractivity contribution in [3.8, 4) is 0 Å². The minimum absolute atomic E-state index is 0.379. The number of methoxy groups -OCH3 is 2. The minimum atomic E-state index is -1.78. The Morgan fingerprint density at radius 3 is 1.29 bits per heavy atom. The average molecular weight is 709 g/mol. The van der Waals surface area contributed by atoms with E-state index in [1.54, 1.807) is 6.92 Å². The Balaban J connectivity index is 0.000000402. The molecule has 20 atom stereocenters. The second-order valence-corrected chi connectivity index (χ2v) is 12.1. The number of aliphatic hydroxyl groups excluding tert-OH is 12. The van der Waals surface area contributed by atoms with Crippen molar-refractivity contribution in [2.24, 2.45) is 0 Å². The lowest BCUT2D eigenvalue weighted by molar-refractivity contribution is -0.367. The van der Waals surface area contributed by atoms with Crippen molar-refractivity contribution in [2.75, 3.05) is 40.6 Å². The van der Waals surface area contributed by atoms with Gasteiger partial charge in [0, 0.05) is 14.2 Å². The highest BCUT2D eigenvalue weighted by molar-refractivity contribution is 4.98. The van der Waals surface area contributed by atoms with E-state index in [4.69, 9.17) is 43.0 Å². The van der Waals surface area contributed by atoms with Crippen LogP contribution in [0.4, 0.5) is 0 Å². The first-order valence-electron chi connectivity index (χ1n) is 15.6. The maximum atomic E-state index is 10.9. The summed E-state index contributed by atoms with van der Waals surface area (Å²) in [4.78, 5) is 0. The lowest BCUT2D eigenvalue weighted by atomic mass is 9.96. The Bertz CT molecular complexity index is 936. The number of rotatable bonds is 12. The van der Waals surface area contributed by atoms with Gasteiger partial charge in [-0.1, -0.05) is 0 Å². The summed E-state index contributed by atoms with van der Waals surface area (Å²) >= 11 is 0. The predicted octanol–water partition coefficient (Wildman–Crippen LogP) is -7.35. The normalized spacial score (nSPS) is 47.8. The highest BCUT2D eigenvalue weighted by Crippen LogP contribution is 2.34. The van der Waals surface area contributed by atoms with E-state index in [-0.39, 0.29) is 6.10 Å². The zero-order valence-electron chi connectivity index (χ0n) is 27.0. The fourth-order valence-electron chi connectivity index (χ4n) is 6.07. The van der Waals surface area contributed by atoms with Gasteiger partial charge in [0.25, 0.3) is 0 Å². The maximum Gasteiger partial charge on any atom is 0.187 e. The molecule has 4 rings (SSSR count). The third-order valence-corrected chi connectivity index (χ3v) is 8.93. The highest BCUT2D eigenvalue weighted by atomic mass is 16.7. The summed E-state index contributed by atoms with van der Waals surface area (Å²) in [6.07, 6.45) is -24.3. The average Bonchev–Trinajstić information content (AvgIpc) is 3.53. The summed E-state index contributed by atoms with van der Waals surface area (Å²) in [6.45, 7) is 0.727. The van der Waals surface area contributed by atoms with E-state index in [2.05, 4.69) is 0 Å². The zero-order valence-corrected chi connectivity index (χ0v) is 27.0. The van der Waals surface area contributed by atoms with Crippen LogP contribution in [-0.2, 0) is 37.9 Å². The van der Waals surface area contributed by atoms with E-state index < -0.39 is 143 Å². The van der Waals surface area contributed by atoms with Crippen molar-refractivity contribution in [2.45, 2.75) is 136 Å². The van der Waals surface area contributed by atoms with E-state index in [1.165, 1.54) is 21.1 Å². The van der Waals surface area contributed by atoms with E-state index in [0.717, 1.165) is 0 Å². The van der Waals surface area contributed by atoms with Crippen LogP contribution in [0.1, 0.15) is 13.8 Å². The van der Waals surface area contributed by atoms with Crippen LogP contribution in [0.2, 0.25) is 0 Å². The number of ether oxygens (including phenoxy) is 8. The Hall–Kier alpha value is -0.800. The molecule has 0 aliphatic carbocycles. The Morgan fingerprint density at radius 2 is 0.875 bits per heavy atom. The third-order valence-electron chi connectivity index (χ3n) is 8.93. The molecule has 0 aromatic rings. The van der Waals surface area contributed by atoms with Crippen molar-refractivity contribution in [1.29, 1.82) is 0 Å². The minimum Gasteiger partial charge on any atom is -0.394 e. The van der Waals surface area contributed by atoms with Crippen LogP contribution in [0.3, 0.4) is 0 Å². The number of aliphatic hydroxyl groups is 12. The van der Waals surface area contributed by atoms with E-state index >= 15 is 0 Å². The molecule has 4 aliphatic rings. The monoisotopic (exact) mass is 708 g/mol. The van der Waals surface area contributed by atoms with Gasteiger partial charge in [-0.2, -0.15) is 0 Å². The van der Waals surface area contributed by atoms with Gasteiger partial charge in [-0.25, -0.2) is 0 Å². The van der Waals surface area contributed by atoms with E-state index in [0.29, 0.717) is 0 Å². The Labute approximate surface area is 276 Å². The quantitative estimate of drug-likeness (QED) is 0.0896. The summed E-state index contributed by atoms with van der Waals surface area (Å²) in [5, 5.41) is 119. The summed E-state index contributed by atoms with van der Waals surface area (Å²) in [6, 6.07) is 0. The van der Waals surface area contributed by atoms with Gasteiger partial charge in [-0.15, -0.1) is 0 Å². The summed E-state index contributed by atoms with van der Waals surface area (Å²) < 4.78 is 42.9. The van der Waals surface area contributed by atoms with Gasteiger partial charge in [-0.3, -0.25) is 0 Å². The van der Waals surface area contributed by atoms with E-state index in [1.807, 2.05) is 0 Å². The van der Waals surface area contributed by atoms with Gasteiger partial charge >= 0.3 is 0 Å². The summed E-state index contributed by atoms with van der Waals surface area (Å²) in [5.41, 5.74) is 0. The molecule has 4 heterocycles. The molecule has 4 fully saturated rings. The number of hydrogen-bond donors (Lipinski definition) is 12. The SMILES string of the molecule is COC1[C@H]([C@H](O)CO)O[C@H](C)[C@H]1O.CO[C@@H]1C(O)[C@H](O[C@@H]2C(O)[C@@H](OC3[C@H]([C@H](O)CO)O[C@H](C)[C@H]3O)OC(CO)[C@@H]2O)OC(CO)[C@@H]1O. The van der Waals surface area contributed by atoms with Crippen molar-refractivity contribution in [1.82, 2.24) is 0 Å². The van der Waals surface area contributed by atoms with Gasteiger partial charge in [0.15, 0.2) is 12.6 Å². The third kappa shape index (κ3) is 8.97. The molecule has 0 spiro atoms. The molecule has 20 nitrogen and oxygen atoms in total. The summed E-state index contributed by atoms with van der Waals surface area (Å²) in [7, 11) is 2.65. The van der Waals surface area contributed by atoms with Crippen LogP contribution in [-0.4, -0.2) is 224 Å². The van der Waals surface area contributed by atoms with Gasteiger partial charge in [0.1, 0.15) is 97.7 Å². The zero-order chi connectivity index (χ0) is 36.0. The van der Waals surface area contributed by atoms with Crippen LogP contribution in [0.25, 0.3) is 0 Å². The second-order valence-electron chi connectivity index (χ2n) is 12.1. The van der Waals surface area contributed by atoms with Gasteiger partial charge in [0.05, 0.1) is 38.6 Å². The molecule has 4 saturated heterocycles. The molecule has 12 N–H and O–H groups in total. The van der Waals surface area contributed by atoms with Gasteiger partial charge in [-0.05, 0) is 13.8 Å². The first-order chi connectivity index (χ1) is 22.7. The van der Waals surface area contributed by atoms with Crippen LogP contribution >= 0.6 is 0 Å². The fourth-order valence-corrected chi connectivity index (χ4v) is 6.07. The molecular formula is C28H52O20. The van der Waals surface area contributed by atoms with Crippen LogP contribution in [0.15, 0.2) is 0 Å². The molecular weight excluding hydrogens is 656 g/mol. The van der Waals surface area contributed by atoms with Crippen LogP contribution in [0, 0.1) is 0 Å². The molecule has 0 aromatic carbocycles. The smallest absolute Gasteiger partial charge is 0.187 e. The van der Waals surface area contributed by atoms with Crippen LogP contribution in [0.5, 0.6) is 0 Å². The fraction of sp³-hybridized carbons (Fsp3) is 1.00. The van der Waals surface area contributed by atoms with Gasteiger partial charge in [0.2, 0.25) is 0 Å². The number of hydrogen-bond acceptors (Lipinski definition) is 20. The molecule has 6 unspecified atom stereocenters. The first kappa shape index (κ1) is 41.6. The molecule has 4 aliphatic heterocycles. The summed E-state index contributed by atoms with van der Waals surface area (Å²) in [5.74, 6) is 0. The maximum absolute atomic E-state index is 10.9. The topological polar surface area (TPSA) is 317 Å².